The van der Waals surface area contributed by atoms with Crippen LogP contribution in [0.4, 0.5) is 0 Å². The standard InChI is InChI=1S/C33H47Cl2N3O3SSi/c1-22(26-17-27(34)20-28(35)18-26)37-15-13-23(14-16-37)21-41-31-12-9-25(19-30(31)24-7-8-24)32(39)38(42(36,40)29-10-11-29)43(5,6)33(2,3)4/h9,12,17-20,22-24,29,36H,7-8,10-11,13-16,21H2,1-6H3/t22-,42?/m0/s1. The maximum absolute atomic E-state index is 14.2. The summed E-state index contributed by atoms with van der Waals surface area (Å²) in [6.07, 6.45) is 5.78. The zero-order valence-corrected chi connectivity index (χ0v) is 29.7. The Morgan fingerprint density at radius 2 is 1.65 bits per heavy atom. The third-order valence-electron chi connectivity index (χ3n) is 10.1. The van der Waals surface area contributed by atoms with E-state index in [2.05, 4.69) is 45.7 Å². The fourth-order valence-corrected chi connectivity index (χ4v) is 13.1. The van der Waals surface area contributed by atoms with Crippen LogP contribution in [0.2, 0.25) is 28.2 Å². The van der Waals surface area contributed by atoms with Crippen molar-refractivity contribution in [2.24, 2.45) is 5.92 Å². The van der Waals surface area contributed by atoms with Crippen LogP contribution >= 0.6 is 23.2 Å². The van der Waals surface area contributed by atoms with Gasteiger partial charge in [0.15, 0.2) is 8.24 Å². The second-order valence-corrected chi connectivity index (χ2v) is 22.8. The van der Waals surface area contributed by atoms with E-state index in [1.807, 2.05) is 30.3 Å². The van der Waals surface area contributed by atoms with Gasteiger partial charge in [-0.15, -0.1) is 0 Å². The van der Waals surface area contributed by atoms with Gasteiger partial charge in [-0.25, -0.2) is 8.99 Å². The first-order valence-electron chi connectivity index (χ1n) is 15.7. The van der Waals surface area contributed by atoms with E-state index in [1.54, 1.807) is 10.0 Å². The van der Waals surface area contributed by atoms with Gasteiger partial charge in [-0.1, -0.05) is 57.1 Å². The van der Waals surface area contributed by atoms with Crippen LogP contribution in [0.25, 0.3) is 0 Å². The van der Waals surface area contributed by atoms with E-state index >= 15 is 0 Å². The first-order chi connectivity index (χ1) is 20.1. The molecule has 43 heavy (non-hydrogen) atoms. The summed E-state index contributed by atoms with van der Waals surface area (Å²) >= 11 is 12.5. The predicted molar refractivity (Wildman–Crippen MR) is 180 cm³/mol. The molecule has 0 aromatic heterocycles. The van der Waals surface area contributed by atoms with E-state index in [0.717, 1.165) is 68.5 Å². The Bertz CT molecular complexity index is 1440. The fourth-order valence-electron chi connectivity index (χ4n) is 5.94. The van der Waals surface area contributed by atoms with Gasteiger partial charge in [0.1, 0.15) is 15.7 Å². The minimum Gasteiger partial charge on any atom is -0.493 e. The van der Waals surface area contributed by atoms with E-state index in [9.17, 15) is 9.00 Å². The van der Waals surface area contributed by atoms with Crippen molar-refractivity contribution in [1.82, 2.24) is 8.87 Å². The second kappa shape index (κ2) is 12.3. The Hall–Kier alpha value is -1.58. The quantitative estimate of drug-likeness (QED) is 0.257. The van der Waals surface area contributed by atoms with Gasteiger partial charge in [-0.05, 0) is 123 Å². The Morgan fingerprint density at radius 1 is 1.05 bits per heavy atom. The highest BCUT2D eigenvalue weighted by atomic mass is 35.5. The number of hydrogen-bond acceptors (Lipinski definition) is 5. The number of carbonyl (C=O) groups is 1. The molecule has 1 amide bonds. The van der Waals surface area contributed by atoms with E-state index in [4.69, 9.17) is 32.7 Å². The van der Waals surface area contributed by atoms with Crippen LogP contribution in [-0.4, -0.2) is 52.2 Å². The molecule has 2 aromatic rings. The molecule has 3 fully saturated rings. The molecular formula is C33H47Cl2N3O3SSi. The van der Waals surface area contributed by atoms with E-state index in [1.165, 1.54) is 0 Å². The van der Waals surface area contributed by atoms with Crippen LogP contribution in [0.1, 0.15) is 99.7 Å². The number of piperidine rings is 1. The number of carbonyl (C=O) groups excluding carboxylic acids is 1. The third-order valence-corrected chi connectivity index (χ3v) is 19.7. The highest BCUT2D eigenvalue weighted by Gasteiger charge is 2.52. The Balaban J connectivity index is 1.27. The number of benzene rings is 2. The highest BCUT2D eigenvalue weighted by Crippen LogP contribution is 2.47. The topological polar surface area (TPSA) is 73.7 Å². The molecule has 1 saturated heterocycles. The maximum atomic E-state index is 14.2. The Morgan fingerprint density at radius 3 is 2.19 bits per heavy atom. The summed E-state index contributed by atoms with van der Waals surface area (Å²) in [5, 5.41) is 0.897. The number of rotatable bonds is 10. The van der Waals surface area contributed by atoms with E-state index in [0.29, 0.717) is 34.1 Å². The molecule has 2 saturated carbocycles. The van der Waals surface area contributed by atoms with Gasteiger partial charge in [0.05, 0.1) is 11.9 Å². The van der Waals surface area contributed by atoms with Gasteiger partial charge in [0, 0.05) is 21.7 Å². The van der Waals surface area contributed by atoms with Gasteiger partial charge in [-0.3, -0.25) is 13.7 Å². The average Bonchev–Trinajstić information content (AvgIpc) is 3.83. The lowest BCUT2D eigenvalue weighted by molar-refractivity contribution is 0.0913. The first-order valence-corrected chi connectivity index (χ1v) is 21.0. The van der Waals surface area contributed by atoms with Gasteiger partial charge in [0.25, 0.3) is 5.91 Å². The van der Waals surface area contributed by atoms with Gasteiger partial charge >= 0.3 is 0 Å². The largest absolute Gasteiger partial charge is 0.493 e. The predicted octanol–water partition coefficient (Wildman–Crippen LogP) is 9.29. The van der Waals surface area contributed by atoms with Crippen molar-refractivity contribution >= 4 is 47.3 Å². The van der Waals surface area contributed by atoms with Crippen LogP contribution in [0, 0.1) is 10.7 Å². The molecule has 1 unspecified atom stereocenters. The van der Waals surface area contributed by atoms with Crippen molar-refractivity contribution in [3.63, 3.8) is 0 Å². The molecule has 0 spiro atoms. The summed E-state index contributed by atoms with van der Waals surface area (Å²) in [6.45, 7) is 15.3. The molecule has 6 nitrogen and oxygen atoms in total. The van der Waals surface area contributed by atoms with Crippen molar-refractivity contribution in [2.75, 3.05) is 19.7 Å². The molecule has 236 valence electrons. The maximum Gasteiger partial charge on any atom is 0.258 e. The van der Waals surface area contributed by atoms with Crippen molar-refractivity contribution in [2.45, 2.75) is 102 Å². The van der Waals surface area contributed by atoms with Crippen molar-refractivity contribution in [1.29, 1.82) is 4.78 Å². The van der Waals surface area contributed by atoms with Crippen LogP contribution < -0.4 is 4.74 Å². The molecule has 2 aromatic carbocycles. The molecular weight excluding hydrogens is 617 g/mol. The Labute approximate surface area is 269 Å². The lowest BCUT2D eigenvalue weighted by Crippen LogP contribution is -2.60. The Kier molecular flexibility index (Phi) is 9.39. The van der Waals surface area contributed by atoms with Gasteiger partial charge in [-0.2, -0.15) is 0 Å². The average molecular weight is 665 g/mol. The van der Waals surface area contributed by atoms with Gasteiger partial charge in [0.2, 0.25) is 0 Å². The number of amides is 1. The van der Waals surface area contributed by atoms with Crippen LogP contribution in [-0.2, 0) is 9.92 Å². The molecule has 10 heteroatoms. The summed E-state index contributed by atoms with van der Waals surface area (Å²) < 4.78 is 30.8. The lowest BCUT2D eigenvalue weighted by atomic mass is 9.95. The second-order valence-electron chi connectivity index (χ2n) is 14.4. The normalized spacial score (nSPS) is 20.8. The zero-order valence-electron chi connectivity index (χ0n) is 26.4. The van der Waals surface area contributed by atoms with Crippen LogP contribution in [0.3, 0.4) is 0 Å². The molecule has 1 N–H and O–H groups in total. The number of ether oxygens (including phenoxy) is 1. The minimum absolute atomic E-state index is 0.214. The van der Waals surface area contributed by atoms with E-state index < -0.39 is 18.2 Å². The molecule has 1 aliphatic heterocycles. The number of nitrogens with one attached hydrogen (secondary N) is 1. The molecule has 2 atom stereocenters. The lowest BCUT2D eigenvalue weighted by Gasteiger charge is -2.46. The first kappa shape index (κ1) is 32.8. The SMILES string of the molecule is C[C@@H](c1cc(Cl)cc(Cl)c1)N1CCC(COc2ccc(C(=O)N([Si](C)(C)C(C)(C)C)S(=N)(=O)C3CC3)cc2C2CC2)CC1. The monoisotopic (exact) mass is 663 g/mol. The number of likely N-dealkylation sites (tertiary alicyclic amines) is 1. The highest BCUT2D eigenvalue weighted by molar-refractivity contribution is 7.93. The zero-order chi connectivity index (χ0) is 31.3. The summed E-state index contributed by atoms with van der Waals surface area (Å²) in [6, 6.07) is 11.8. The van der Waals surface area contributed by atoms with E-state index in [-0.39, 0.29) is 22.2 Å². The number of halogens is 2. The number of nitrogens with zero attached hydrogens (tertiary/aromatic N) is 2. The minimum atomic E-state index is -3.20. The summed E-state index contributed by atoms with van der Waals surface area (Å²) in [7, 11) is -5.79. The van der Waals surface area contributed by atoms with Crippen molar-refractivity contribution in [3.05, 3.63) is 63.1 Å². The van der Waals surface area contributed by atoms with Crippen molar-refractivity contribution < 1.29 is 13.7 Å². The summed E-state index contributed by atoms with van der Waals surface area (Å²) in [5.74, 6) is 1.45. The molecule has 5 rings (SSSR count). The molecule has 1 heterocycles. The molecule has 3 aliphatic rings. The van der Waals surface area contributed by atoms with Gasteiger partial charge < -0.3 is 4.74 Å². The third kappa shape index (κ3) is 7.14. The summed E-state index contributed by atoms with van der Waals surface area (Å²) in [5.41, 5.74) is 2.75. The fraction of sp³-hybridized carbons (Fsp3) is 0.606. The van der Waals surface area contributed by atoms with Crippen molar-refractivity contribution in [3.8, 4) is 5.75 Å². The summed E-state index contributed by atoms with van der Waals surface area (Å²) in [4.78, 5) is 16.6. The molecule has 0 radical (unpaired) electrons. The number of hydrogen-bond donors (Lipinski definition) is 1. The smallest absolute Gasteiger partial charge is 0.258 e. The van der Waals surface area contributed by atoms with Crippen LogP contribution in [0.15, 0.2) is 36.4 Å². The molecule has 0 bridgehead atoms. The van der Waals surface area contributed by atoms with Crippen LogP contribution in [0.5, 0.6) is 5.75 Å². The molecule has 2 aliphatic carbocycles.